The largest absolute Gasteiger partial charge is 0.493 e. The Bertz CT molecular complexity index is 1150. The van der Waals surface area contributed by atoms with Gasteiger partial charge in [-0.1, -0.05) is 62.4 Å². The van der Waals surface area contributed by atoms with Crippen LogP contribution in [0.15, 0.2) is 72.8 Å². The van der Waals surface area contributed by atoms with E-state index >= 15 is 0 Å². The highest BCUT2D eigenvalue weighted by atomic mass is 19.1. The molecule has 0 aliphatic carbocycles. The molecule has 0 bridgehead atoms. The van der Waals surface area contributed by atoms with E-state index in [-0.39, 0.29) is 36.5 Å². The van der Waals surface area contributed by atoms with Gasteiger partial charge in [-0.15, -0.1) is 0 Å². The maximum absolute atomic E-state index is 13.8. The Hall–Kier alpha value is -3.87. The number of halogens is 1. The Labute approximate surface area is 212 Å². The van der Waals surface area contributed by atoms with Crippen LogP contribution in [0.4, 0.5) is 4.39 Å². The van der Waals surface area contributed by atoms with Crippen LogP contribution in [0.2, 0.25) is 0 Å². The topological polar surface area (TPSA) is 67.9 Å². The van der Waals surface area contributed by atoms with E-state index in [0.717, 1.165) is 11.1 Å². The normalized spacial score (nSPS) is 11.6. The van der Waals surface area contributed by atoms with E-state index < -0.39 is 6.04 Å². The van der Waals surface area contributed by atoms with Gasteiger partial charge in [0.1, 0.15) is 11.9 Å². The Morgan fingerprint density at radius 2 is 1.53 bits per heavy atom. The summed E-state index contributed by atoms with van der Waals surface area (Å²) >= 11 is 0. The van der Waals surface area contributed by atoms with Gasteiger partial charge in [0.25, 0.3) is 0 Å². The summed E-state index contributed by atoms with van der Waals surface area (Å²) in [5, 5.41) is 2.98. The molecule has 1 N–H and O–H groups in total. The summed E-state index contributed by atoms with van der Waals surface area (Å²) in [5.41, 5.74) is 2.13. The second-order valence-corrected chi connectivity index (χ2v) is 8.97. The second-order valence-electron chi connectivity index (χ2n) is 8.97. The molecule has 0 spiro atoms. The maximum atomic E-state index is 13.8. The first-order valence-electron chi connectivity index (χ1n) is 11.9. The second kappa shape index (κ2) is 12.7. The van der Waals surface area contributed by atoms with Gasteiger partial charge in [0.2, 0.25) is 11.8 Å². The first kappa shape index (κ1) is 26.7. The number of ether oxygens (including phenoxy) is 2. The number of amides is 2. The summed E-state index contributed by atoms with van der Waals surface area (Å²) in [6, 6.07) is 19.6. The minimum atomic E-state index is -0.859. The van der Waals surface area contributed by atoms with E-state index in [1.165, 1.54) is 19.2 Å². The van der Waals surface area contributed by atoms with Crippen LogP contribution < -0.4 is 14.8 Å². The summed E-state index contributed by atoms with van der Waals surface area (Å²) in [7, 11) is 3.09. The van der Waals surface area contributed by atoms with Gasteiger partial charge in [0.15, 0.2) is 11.5 Å². The van der Waals surface area contributed by atoms with E-state index in [2.05, 4.69) is 5.32 Å². The van der Waals surface area contributed by atoms with Crippen LogP contribution in [0, 0.1) is 11.7 Å². The number of nitrogens with one attached hydrogen (secondary N) is 1. The lowest BCUT2D eigenvalue weighted by atomic mass is 10.0. The van der Waals surface area contributed by atoms with Crippen molar-refractivity contribution in [3.05, 3.63) is 95.3 Å². The molecular formula is C29H33FN2O4. The lowest BCUT2D eigenvalue weighted by Crippen LogP contribution is -2.44. The summed E-state index contributed by atoms with van der Waals surface area (Å²) in [5.74, 6) is 0.446. The van der Waals surface area contributed by atoms with Crippen LogP contribution in [0.25, 0.3) is 0 Å². The molecule has 0 aliphatic heterocycles. The first-order chi connectivity index (χ1) is 17.3. The molecule has 1 atom stereocenters. The smallest absolute Gasteiger partial charge is 0.247 e. The average Bonchev–Trinajstić information content (AvgIpc) is 2.88. The highest BCUT2D eigenvalue weighted by Crippen LogP contribution is 2.29. The lowest BCUT2D eigenvalue weighted by Gasteiger charge is -2.32. The molecule has 36 heavy (non-hydrogen) atoms. The molecule has 190 valence electrons. The summed E-state index contributed by atoms with van der Waals surface area (Å²) < 4.78 is 24.3. The SMILES string of the molecule is COc1ccc(CC(=O)N(Cc2ccc(F)cc2)[C@@H](C(=O)NCC(C)C)c2ccccc2)cc1OC. The Morgan fingerprint density at radius 3 is 2.14 bits per heavy atom. The zero-order chi connectivity index (χ0) is 26.1. The van der Waals surface area contributed by atoms with Gasteiger partial charge in [-0.3, -0.25) is 9.59 Å². The first-order valence-corrected chi connectivity index (χ1v) is 11.9. The van der Waals surface area contributed by atoms with Crippen molar-refractivity contribution >= 4 is 11.8 Å². The van der Waals surface area contributed by atoms with Gasteiger partial charge in [0.05, 0.1) is 20.6 Å². The van der Waals surface area contributed by atoms with Crippen molar-refractivity contribution in [1.82, 2.24) is 10.2 Å². The van der Waals surface area contributed by atoms with Crippen LogP contribution in [0.5, 0.6) is 11.5 Å². The molecule has 0 aromatic heterocycles. The number of methoxy groups -OCH3 is 2. The maximum Gasteiger partial charge on any atom is 0.247 e. The quantitative estimate of drug-likeness (QED) is 0.412. The molecule has 0 saturated carbocycles. The lowest BCUT2D eigenvalue weighted by molar-refractivity contribution is -0.141. The van der Waals surface area contributed by atoms with Gasteiger partial charge in [0, 0.05) is 13.1 Å². The minimum Gasteiger partial charge on any atom is -0.493 e. The van der Waals surface area contributed by atoms with E-state index in [9.17, 15) is 14.0 Å². The van der Waals surface area contributed by atoms with Gasteiger partial charge >= 0.3 is 0 Å². The van der Waals surface area contributed by atoms with Crippen LogP contribution in [-0.4, -0.2) is 37.5 Å². The van der Waals surface area contributed by atoms with Crippen molar-refractivity contribution < 1.29 is 23.5 Å². The van der Waals surface area contributed by atoms with Crippen molar-refractivity contribution in [2.24, 2.45) is 5.92 Å². The van der Waals surface area contributed by atoms with E-state index in [1.54, 1.807) is 42.3 Å². The zero-order valence-corrected chi connectivity index (χ0v) is 21.2. The Kier molecular flexibility index (Phi) is 9.45. The monoisotopic (exact) mass is 492 g/mol. The van der Waals surface area contributed by atoms with Crippen molar-refractivity contribution in [1.29, 1.82) is 0 Å². The van der Waals surface area contributed by atoms with Crippen molar-refractivity contribution in [2.45, 2.75) is 32.9 Å². The number of hydrogen-bond acceptors (Lipinski definition) is 4. The molecule has 0 radical (unpaired) electrons. The number of carbonyl (C=O) groups excluding carboxylic acids is 2. The van der Waals surface area contributed by atoms with Crippen LogP contribution in [-0.2, 0) is 22.6 Å². The Morgan fingerprint density at radius 1 is 0.889 bits per heavy atom. The number of nitrogens with zero attached hydrogens (tertiary/aromatic N) is 1. The van der Waals surface area contributed by atoms with Crippen molar-refractivity contribution in [3.63, 3.8) is 0 Å². The van der Waals surface area contributed by atoms with Crippen LogP contribution >= 0.6 is 0 Å². The molecule has 0 saturated heterocycles. The van der Waals surface area contributed by atoms with Crippen LogP contribution in [0.1, 0.15) is 36.6 Å². The van der Waals surface area contributed by atoms with E-state index in [4.69, 9.17) is 9.47 Å². The molecule has 0 heterocycles. The third kappa shape index (κ3) is 7.07. The number of hydrogen-bond donors (Lipinski definition) is 1. The fourth-order valence-corrected chi connectivity index (χ4v) is 3.89. The molecule has 0 aliphatic rings. The molecule has 0 unspecified atom stereocenters. The molecule has 3 rings (SSSR count). The predicted molar refractivity (Wildman–Crippen MR) is 137 cm³/mol. The third-order valence-electron chi connectivity index (χ3n) is 5.75. The zero-order valence-electron chi connectivity index (χ0n) is 21.2. The molecule has 6 nitrogen and oxygen atoms in total. The molecule has 3 aromatic rings. The van der Waals surface area contributed by atoms with Gasteiger partial charge in [-0.05, 0) is 46.9 Å². The van der Waals surface area contributed by atoms with E-state index in [1.807, 2.05) is 44.2 Å². The fourth-order valence-electron chi connectivity index (χ4n) is 3.89. The number of benzene rings is 3. The fraction of sp³-hybridized carbons (Fsp3) is 0.310. The standard InChI is InChI=1S/C29H33FN2O4/c1-20(2)18-31-29(34)28(23-8-6-5-7-9-23)32(19-21-10-13-24(30)14-11-21)27(33)17-22-12-15-25(35-3)26(16-22)36-4/h5-16,20,28H,17-19H2,1-4H3,(H,31,34)/t28-/m1/s1. The highest BCUT2D eigenvalue weighted by Gasteiger charge is 2.31. The average molecular weight is 493 g/mol. The predicted octanol–water partition coefficient (Wildman–Crippen LogP) is 4.93. The summed E-state index contributed by atoms with van der Waals surface area (Å²) in [6.07, 6.45) is 0.0440. The van der Waals surface area contributed by atoms with Gasteiger partial charge < -0.3 is 19.7 Å². The highest BCUT2D eigenvalue weighted by molar-refractivity contribution is 5.89. The van der Waals surface area contributed by atoms with Gasteiger partial charge in [-0.2, -0.15) is 0 Å². The Balaban J connectivity index is 2.00. The van der Waals surface area contributed by atoms with E-state index in [0.29, 0.717) is 23.6 Å². The summed E-state index contributed by atoms with van der Waals surface area (Å²) in [6.45, 7) is 4.64. The minimum absolute atomic E-state index is 0.0440. The molecule has 0 fully saturated rings. The third-order valence-corrected chi connectivity index (χ3v) is 5.75. The van der Waals surface area contributed by atoms with Crippen LogP contribution in [0.3, 0.4) is 0 Å². The molecule has 7 heteroatoms. The number of carbonyl (C=O) groups is 2. The van der Waals surface area contributed by atoms with Crippen molar-refractivity contribution in [3.8, 4) is 11.5 Å². The van der Waals surface area contributed by atoms with Gasteiger partial charge in [-0.25, -0.2) is 4.39 Å². The van der Waals surface area contributed by atoms with Crippen molar-refractivity contribution in [2.75, 3.05) is 20.8 Å². The molecule has 2 amide bonds. The number of rotatable bonds is 11. The summed E-state index contributed by atoms with van der Waals surface area (Å²) in [4.78, 5) is 28.8. The molecular weight excluding hydrogens is 459 g/mol. The molecule has 3 aromatic carbocycles.